The lowest BCUT2D eigenvalue weighted by atomic mass is 10.0. The Morgan fingerprint density at radius 2 is 2.00 bits per heavy atom. The van der Waals surface area contributed by atoms with Crippen molar-refractivity contribution in [3.05, 3.63) is 41.4 Å². The monoisotopic (exact) mass is 474 g/mol. The summed E-state index contributed by atoms with van der Waals surface area (Å²) in [4.78, 5) is 23.4. The highest BCUT2D eigenvalue weighted by molar-refractivity contribution is 5.98. The zero-order valence-corrected chi connectivity index (χ0v) is 19.2. The molecule has 1 saturated carbocycles. The van der Waals surface area contributed by atoms with Crippen molar-refractivity contribution < 1.29 is 27.1 Å². The predicted octanol–water partition coefficient (Wildman–Crippen LogP) is 4.49. The van der Waals surface area contributed by atoms with Crippen molar-refractivity contribution >= 4 is 16.8 Å². The highest BCUT2D eigenvalue weighted by atomic mass is 19.4. The molecule has 2 N–H and O–H groups in total. The van der Waals surface area contributed by atoms with Gasteiger partial charge in [-0.2, -0.15) is 13.2 Å². The third-order valence-corrected chi connectivity index (χ3v) is 7.45. The van der Waals surface area contributed by atoms with Gasteiger partial charge >= 0.3 is 6.18 Å². The smallest absolute Gasteiger partial charge is 0.433 e. The quantitative estimate of drug-likeness (QED) is 0.599. The summed E-state index contributed by atoms with van der Waals surface area (Å²) in [5.41, 5.74) is 5.59. The van der Waals surface area contributed by atoms with Gasteiger partial charge in [-0.05, 0) is 48.4 Å². The number of likely N-dealkylation sites (tertiary alicyclic amines) is 1. The summed E-state index contributed by atoms with van der Waals surface area (Å²) < 4.78 is 50.8. The molecule has 0 spiro atoms. The van der Waals surface area contributed by atoms with E-state index in [1.165, 1.54) is 19.2 Å². The topological polar surface area (TPSA) is 94.5 Å². The van der Waals surface area contributed by atoms with Crippen LogP contribution in [-0.4, -0.2) is 40.5 Å². The third-order valence-electron chi connectivity index (χ3n) is 7.45. The number of nitrogens with zero attached hydrogens (tertiary/aromatic N) is 3. The van der Waals surface area contributed by atoms with Gasteiger partial charge in [-0.15, -0.1) is 0 Å². The van der Waals surface area contributed by atoms with Crippen LogP contribution in [0, 0.1) is 17.3 Å². The van der Waals surface area contributed by atoms with Crippen molar-refractivity contribution in [1.29, 1.82) is 0 Å². The Morgan fingerprint density at radius 1 is 1.26 bits per heavy atom. The molecule has 10 heteroatoms. The summed E-state index contributed by atoms with van der Waals surface area (Å²) in [6.07, 6.45) is -4.61. The number of pyridine rings is 1. The molecule has 0 bridgehead atoms. The van der Waals surface area contributed by atoms with E-state index in [0.29, 0.717) is 29.3 Å². The van der Waals surface area contributed by atoms with Crippen LogP contribution >= 0.6 is 0 Å². The maximum Gasteiger partial charge on any atom is 0.433 e. The molecule has 2 aliphatic rings. The fourth-order valence-electron chi connectivity index (χ4n) is 5.54. The first-order valence-electron chi connectivity index (χ1n) is 11.0. The molecule has 5 rings (SSSR count). The Bertz CT molecular complexity index is 1300. The van der Waals surface area contributed by atoms with Crippen molar-refractivity contribution in [2.75, 3.05) is 13.7 Å². The molecule has 3 aromatic rings. The van der Waals surface area contributed by atoms with Crippen LogP contribution in [0.15, 0.2) is 28.7 Å². The molecule has 34 heavy (non-hydrogen) atoms. The molecule has 0 radical (unpaired) electrons. The molecule has 7 nitrogen and oxygen atoms in total. The van der Waals surface area contributed by atoms with Gasteiger partial charge in [-0.1, -0.05) is 13.8 Å². The molecular weight excluding hydrogens is 449 g/mol. The number of oxazole rings is 1. The number of methoxy groups -OCH3 is 1. The predicted molar refractivity (Wildman–Crippen MR) is 118 cm³/mol. The fraction of sp³-hybridized carbons (Fsp3) is 0.458. The van der Waals surface area contributed by atoms with E-state index in [9.17, 15) is 18.0 Å². The molecule has 180 valence electrons. The summed E-state index contributed by atoms with van der Waals surface area (Å²) in [6, 6.07) is 5.38. The average Bonchev–Trinajstić information content (AvgIpc) is 3.13. The van der Waals surface area contributed by atoms with Crippen molar-refractivity contribution in [2.45, 2.75) is 39.5 Å². The van der Waals surface area contributed by atoms with Crippen LogP contribution in [0.4, 0.5) is 13.2 Å². The van der Waals surface area contributed by atoms with Gasteiger partial charge in [0.1, 0.15) is 17.0 Å². The normalized spacial score (nSPS) is 23.3. The standard InChI is InChI=1S/C24H25F3N4O3/c1-11-18-14(23(18,2)3)10-31(11)22(32)20-16(9-28)34-21(30-20)13-5-7-15(33-4)19-12(13)6-8-17(29-19)24(25,26)27/h5-8,11,14,18H,9-10,28H2,1-4H3/t11-,14?,18?/m1/s1. The molecule has 3 heterocycles. The summed E-state index contributed by atoms with van der Waals surface area (Å²) in [5, 5.41) is 0.355. The maximum atomic E-state index is 13.4. The second-order valence-electron chi connectivity index (χ2n) is 9.55. The van der Waals surface area contributed by atoms with E-state index in [-0.39, 0.29) is 52.5 Å². The van der Waals surface area contributed by atoms with E-state index >= 15 is 0 Å². The number of piperidine rings is 1. The number of carbonyl (C=O) groups is 1. The Kier molecular flexibility index (Phi) is 4.95. The maximum absolute atomic E-state index is 13.4. The van der Waals surface area contributed by atoms with Gasteiger partial charge in [0.25, 0.3) is 5.91 Å². The van der Waals surface area contributed by atoms with Crippen LogP contribution < -0.4 is 10.5 Å². The van der Waals surface area contributed by atoms with Gasteiger partial charge in [-0.25, -0.2) is 9.97 Å². The van der Waals surface area contributed by atoms with E-state index in [2.05, 4.69) is 23.8 Å². The SMILES string of the molecule is COc1ccc(-c2nc(C(=O)N3CC4C([C@H]3C)C4(C)C)c(CN)o2)c2ccc(C(F)(F)F)nc12. The van der Waals surface area contributed by atoms with Crippen LogP contribution in [0.5, 0.6) is 5.75 Å². The Labute approximate surface area is 194 Å². The molecule has 1 amide bonds. The van der Waals surface area contributed by atoms with E-state index in [0.717, 1.165) is 6.07 Å². The van der Waals surface area contributed by atoms with Crippen molar-refractivity contribution in [3.63, 3.8) is 0 Å². The first-order chi connectivity index (χ1) is 16.0. The van der Waals surface area contributed by atoms with E-state index in [1.807, 2.05) is 11.8 Å². The highest BCUT2D eigenvalue weighted by Gasteiger charge is 2.66. The Morgan fingerprint density at radius 3 is 2.59 bits per heavy atom. The molecule has 3 atom stereocenters. The van der Waals surface area contributed by atoms with Crippen LogP contribution in [0.1, 0.15) is 42.7 Å². The molecule has 1 aliphatic heterocycles. The molecule has 1 aromatic carbocycles. The van der Waals surface area contributed by atoms with Gasteiger partial charge in [0.15, 0.2) is 11.5 Å². The minimum Gasteiger partial charge on any atom is -0.494 e. The molecule has 2 fully saturated rings. The number of hydrogen-bond acceptors (Lipinski definition) is 6. The second kappa shape index (κ2) is 7.43. The largest absolute Gasteiger partial charge is 0.494 e. The minimum absolute atomic E-state index is 0.0192. The lowest BCUT2D eigenvalue weighted by Gasteiger charge is -2.27. The highest BCUT2D eigenvalue weighted by Crippen LogP contribution is 2.64. The number of nitrogens with two attached hydrogens (primary N) is 1. The van der Waals surface area contributed by atoms with Crippen LogP contribution in [0.3, 0.4) is 0 Å². The zero-order valence-electron chi connectivity index (χ0n) is 19.2. The molecule has 1 saturated heterocycles. The van der Waals surface area contributed by atoms with E-state index in [1.54, 1.807) is 6.07 Å². The fourth-order valence-corrected chi connectivity index (χ4v) is 5.54. The van der Waals surface area contributed by atoms with E-state index in [4.69, 9.17) is 14.9 Å². The van der Waals surface area contributed by atoms with Crippen molar-refractivity contribution in [1.82, 2.24) is 14.9 Å². The Hall–Kier alpha value is -3.14. The lowest BCUT2D eigenvalue weighted by molar-refractivity contribution is -0.140. The molecule has 2 aromatic heterocycles. The number of alkyl halides is 3. The number of fused-ring (bicyclic) bond motifs is 2. The average molecular weight is 474 g/mol. The number of aromatic nitrogens is 2. The van der Waals surface area contributed by atoms with Crippen molar-refractivity contribution in [2.24, 2.45) is 23.0 Å². The number of halogens is 3. The van der Waals surface area contributed by atoms with Crippen LogP contribution in [0.2, 0.25) is 0 Å². The van der Waals surface area contributed by atoms with Gasteiger partial charge in [0.05, 0.1) is 13.7 Å². The van der Waals surface area contributed by atoms with Gasteiger partial charge in [0, 0.05) is 23.5 Å². The van der Waals surface area contributed by atoms with Gasteiger partial charge < -0.3 is 19.8 Å². The first kappa shape index (κ1) is 22.6. The minimum atomic E-state index is -4.61. The lowest BCUT2D eigenvalue weighted by Crippen LogP contribution is -2.39. The number of carbonyl (C=O) groups excluding carboxylic acids is 1. The van der Waals surface area contributed by atoms with Crippen LogP contribution in [-0.2, 0) is 12.7 Å². The van der Waals surface area contributed by atoms with E-state index < -0.39 is 11.9 Å². The molecular formula is C24H25F3N4O3. The van der Waals surface area contributed by atoms with Crippen LogP contribution in [0.25, 0.3) is 22.4 Å². The summed E-state index contributed by atoms with van der Waals surface area (Å²) >= 11 is 0. The second-order valence-corrected chi connectivity index (χ2v) is 9.55. The Balaban J connectivity index is 1.55. The summed E-state index contributed by atoms with van der Waals surface area (Å²) in [7, 11) is 1.36. The number of amides is 1. The van der Waals surface area contributed by atoms with Gasteiger partial charge in [0.2, 0.25) is 5.89 Å². The number of rotatable bonds is 4. The summed E-state index contributed by atoms with van der Waals surface area (Å²) in [6.45, 7) is 7.08. The van der Waals surface area contributed by atoms with Crippen molar-refractivity contribution in [3.8, 4) is 17.2 Å². The van der Waals surface area contributed by atoms with Gasteiger partial charge in [-0.3, -0.25) is 4.79 Å². The number of benzene rings is 1. The first-order valence-corrected chi connectivity index (χ1v) is 11.0. The summed E-state index contributed by atoms with van der Waals surface area (Å²) in [5.74, 6) is 1.16. The third kappa shape index (κ3) is 3.26. The number of hydrogen-bond donors (Lipinski definition) is 1. The molecule has 2 unspecified atom stereocenters. The molecule has 1 aliphatic carbocycles. The number of ether oxygens (including phenoxy) is 1. The zero-order chi connectivity index (χ0) is 24.6.